The first-order valence-electron chi connectivity index (χ1n) is 8.94. The monoisotopic (exact) mass is 342 g/mol. The SMILES string of the molecule is O=C1CCC2(CCN(Cc3ccco3)CC2)N1Cc1ccc(F)cc1. The van der Waals surface area contributed by atoms with Crippen LogP contribution in [0.25, 0.3) is 0 Å². The summed E-state index contributed by atoms with van der Waals surface area (Å²) >= 11 is 0. The van der Waals surface area contributed by atoms with Crippen LogP contribution in [0.5, 0.6) is 0 Å². The van der Waals surface area contributed by atoms with Gasteiger partial charge in [-0.3, -0.25) is 9.69 Å². The quantitative estimate of drug-likeness (QED) is 0.852. The van der Waals surface area contributed by atoms with Crippen LogP contribution in [0, 0.1) is 5.82 Å². The van der Waals surface area contributed by atoms with Gasteiger partial charge in [-0.05, 0) is 49.1 Å². The number of amides is 1. The molecule has 0 atom stereocenters. The van der Waals surface area contributed by atoms with Crippen LogP contribution in [0.15, 0.2) is 47.1 Å². The van der Waals surface area contributed by atoms with Crippen LogP contribution >= 0.6 is 0 Å². The van der Waals surface area contributed by atoms with Crippen molar-refractivity contribution in [2.75, 3.05) is 13.1 Å². The van der Waals surface area contributed by atoms with Crippen LogP contribution in [0.3, 0.4) is 0 Å². The normalized spacial score (nSPS) is 20.5. The van der Waals surface area contributed by atoms with Crippen LogP contribution < -0.4 is 0 Å². The molecule has 3 heterocycles. The molecule has 25 heavy (non-hydrogen) atoms. The molecule has 5 heteroatoms. The molecule has 0 bridgehead atoms. The average Bonchev–Trinajstić information content (AvgIpc) is 3.23. The highest BCUT2D eigenvalue weighted by molar-refractivity contribution is 5.79. The zero-order valence-electron chi connectivity index (χ0n) is 14.3. The predicted octanol–water partition coefficient (Wildman–Crippen LogP) is 3.58. The van der Waals surface area contributed by atoms with Gasteiger partial charge in [0.1, 0.15) is 11.6 Å². The highest BCUT2D eigenvalue weighted by Crippen LogP contribution is 2.40. The fraction of sp³-hybridized carbons (Fsp3) is 0.450. The Morgan fingerprint density at radius 1 is 1.04 bits per heavy atom. The minimum atomic E-state index is -0.238. The van der Waals surface area contributed by atoms with Gasteiger partial charge < -0.3 is 9.32 Å². The number of rotatable bonds is 4. The summed E-state index contributed by atoms with van der Waals surface area (Å²) in [5.41, 5.74) is 0.958. The molecular weight excluding hydrogens is 319 g/mol. The van der Waals surface area contributed by atoms with E-state index in [4.69, 9.17) is 4.42 Å². The first kappa shape index (κ1) is 16.3. The minimum Gasteiger partial charge on any atom is -0.468 e. The number of furan rings is 1. The lowest BCUT2D eigenvalue weighted by atomic mass is 9.84. The van der Waals surface area contributed by atoms with E-state index < -0.39 is 0 Å². The highest BCUT2D eigenvalue weighted by Gasteiger charge is 2.46. The Morgan fingerprint density at radius 2 is 1.80 bits per heavy atom. The number of benzene rings is 1. The van der Waals surface area contributed by atoms with Gasteiger partial charge in [-0.25, -0.2) is 4.39 Å². The summed E-state index contributed by atoms with van der Waals surface area (Å²) in [4.78, 5) is 16.9. The Kier molecular flexibility index (Phi) is 4.34. The molecule has 1 amide bonds. The molecule has 0 N–H and O–H groups in total. The number of halogens is 1. The van der Waals surface area contributed by atoms with E-state index in [-0.39, 0.29) is 17.3 Å². The summed E-state index contributed by atoms with van der Waals surface area (Å²) in [6, 6.07) is 10.4. The summed E-state index contributed by atoms with van der Waals surface area (Å²) in [5, 5.41) is 0. The van der Waals surface area contributed by atoms with E-state index in [2.05, 4.69) is 4.90 Å². The number of nitrogens with zero attached hydrogens (tertiary/aromatic N) is 2. The molecule has 132 valence electrons. The molecule has 2 fully saturated rings. The van der Waals surface area contributed by atoms with Crippen LogP contribution in [-0.2, 0) is 17.9 Å². The van der Waals surface area contributed by atoms with Crippen LogP contribution in [0.4, 0.5) is 4.39 Å². The van der Waals surface area contributed by atoms with E-state index in [0.717, 1.165) is 50.2 Å². The van der Waals surface area contributed by atoms with Crippen molar-refractivity contribution in [2.45, 2.75) is 44.3 Å². The minimum absolute atomic E-state index is 0.0366. The molecule has 0 saturated carbocycles. The predicted molar refractivity (Wildman–Crippen MR) is 92.1 cm³/mol. The summed E-state index contributed by atoms with van der Waals surface area (Å²) in [7, 11) is 0. The number of hydrogen-bond donors (Lipinski definition) is 0. The lowest BCUT2D eigenvalue weighted by Crippen LogP contribution is -2.52. The summed E-state index contributed by atoms with van der Waals surface area (Å²) in [5.74, 6) is 0.975. The number of carbonyl (C=O) groups is 1. The zero-order chi connectivity index (χ0) is 17.3. The van der Waals surface area contributed by atoms with Crippen molar-refractivity contribution >= 4 is 5.91 Å². The van der Waals surface area contributed by atoms with E-state index in [1.165, 1.54) is 12.1 Å². The topological polar surface area (TPSA) is 36.7 Å². The second-order valence-corrected chi connectivity index (χ2v) is 7.19. The van der Waals surface area contributed by atoms with Gasteiger partial charge in [0.05, 0.1) is 12.8 Å². The standard InChI is InChI=1S/C20H23FN2O2/c21-17-5-3-16(4-6-17)14-23-19(24)7-8-20(23)9-11-22(12-10-20)15-18-2-1-13-25-18/h1-6,13H,7-12,14-15H2. The van der Waals surface area contributed by atoms with Gasteiger partial charge in [0, 0.05) is 31.6 Å². The average molecular weight is 342 g/mol. The summed E-state index contributed by atoms with van der Waals surface area (Å²) < 4.78 is 18.6. The van der Waals surface area contributed by atoms with Crippen molar-refractivity contribution in [3.8, 4) is 0 Å². The van der Waals surface area contributed by atoms with Gasteiger partial charge in [-0.1, -0.05) is 12.1 Å². The second kappa shape index (κ2) is 6.64. The molecule has 4 nitrogen and oxygen atoms in total. The Bertz CT molecular complexity index is 719. The highest BCUT2D eigenvalue weighted by atomic mass is 19.1. The lowest BCUT2D eigenvalue weighted by molar-refractivity contribution is -0.133. The molecule has 1 aromatic heterocycles. The first-order chi connectivity index (χ1) is 12.1. The third kappa shape index (κ3) is 3.33. The maximum atomic E-state index is 13.1. The fourth-order valence-corrected chi connectivity index (χ4v) is 4.17. The van der Waals surface area contributed by atoms with E-state index in [1.807, 2.05) is 17.0 Å². The Hall–Kier alpha value is -2.14. The van der Waals surface area contributed by atoms with Crippen molar-refractivity contribution in [1.82, 2.24) is 9.80 Å². The van der Waals surface area contributed by atoms with Crippen molar-refractivity contribution < 1.29 is 13.6 Å². The maximum absolute atomic E-state index is 13.1. The van der Waals surface area contributed by atoms with E-state index in [1.54, 1.807) is 18.4 Å². The van der Waals surface area contributed by atoms with Crippen LogP contribution in [-0.4, -0.2) is 34.3 Å². The van der Waals surface area contributed by atoms with E-state index >= 15 is 0 Å². The fourth-order valence-electron chi connectivity index (χ4n) is 4.17. The molecule has 1 aromatic carbocycles. The number of likely N-dealkylation sites (tertiary alicyclic amines) is 2. The molecule has 4 rings (SSSR count). The second-order valence-electron chi connectivity index (χ2n) is 7.19. The number of hydrogen-bond acceptors (Lipinski definition) is 3. The summed E-state index contributed by atoms with van der Waals surface area (Å²) in [6.07, 6.45) is 5.24. The van der Waals surface area contributed by atoms with Gasteiger partial charge >= 0.3 is 0 Å². The zero-order valence-corrected chi connectivity index (χ0v) is 14.3. The van der Waals surface area contributed by atoms with E-state index in [9.17, 15) is 9.18 Å². The lowest BCUT2D eigenvalue weighted by Gasteiger charge is -2.45. The molecular formula is C20H23FN2O2. The van der Waals surface area contributed by atoms with Gasteiger partial charge in [-0.15, -0.1) is 0 Å². The summed E-state index contributed by atoms with van der Waals surface area (Å²) in [6.45, 7) is 3.34. The number of piperidine rings is 1. The van der Waals surface area contributed by atoms with E-state index in [0.29, 0.717) is 13.0 Å². The Labute approximate surface area is 147 Å². The molecule has 2 aliphatic heterocycles. The first-order valence-corrected chi connectivity index (χ1v) is 8.94. The molecule has 2 aliphatic rings. The third-order valence-corrected chi connectivity index (χ3v) is 5.68. The van der Waals surface area contributed by atoms with Gasteiger partial charge in [-0.2, -0.15) is 0 Å². The number of carbonyl (C=O) groups excluding carboxylic acids is 1. The Balaban J connectivity index is 1.43. The molecule has 0 radical (unpaired) electrons. The van der Waals surface area contributed by atoms with Crippen molar-refractivity contribution in [3.63, 3.8) is 0 Å². The van der Waals surface area contributed by atoms with Gasteiger partial charge in [0.2, 0.25) is 5.91 Å². The molecule has 1 spiro atoms. The molecule has 0 aliphatic carbocycles. The molecule has 0 unspecified atom stereocenters. The molecule has 2 saturated heterocycles. The van der Waals surface area contributed by atoms with Crippen molar-refractivity contribution in [2.24, 2.45) is 0 Å². The largest absolute Gasteiger partial charge is 0.468 e. The smallest absolute Gasteiger partial charge is 0.223 e. The maximum Gasteiger partial charge on any atom is 0.223 e. The van der Waals surface area contributed by atoms with Crippen molar-refractivity contribution in [1.29, 1.82) is 0 Å². The van der Waals surface area contributed by atoms with Gasteiger partial charge in [0.15, 0.2) is 0 Å². The van der Waals surface area contributed by atoms with Gasteiger partial charge in [0.25, 0.3) is 0 Å². The van der Waals surface area contributed by atoms with Crippen LogP contribution in [0.1, 0.15) is 37.0 Å². The third-order valence-electron chi connectivity index (χ3n) is 5.68. The Morgan fingerprint density at radius 3 is 2.48 bits per heavy atom. The molecule has 2 aromatic rings. The van der Waals surface area contributed by atoms with Crippen LogP contribution in [0.2, 0.25) is 0 Å². The van der Waals surface area contributed by atoms with Crippen molar-refractivity contribution in [3.05, 3.63) is 59.8 Å².